The van der Waals surface area contributed by atoms with Gasteiger partial charge in [-0.05, 0) is 42.5 Å². The van der Waals surface area contributed by atoms with E-state index in [0.29, 0.717) is 19.4 Å². The molecule has 1 fully saturated rings. The number of carbonyl (C=O) groups is 1. The Morgan fingerprint density at radius 3 is 2.38 bits per heavy atom. The molecule has 146 valence electrons. The van der Waals surface area contributed by atoms with E-state index in [9.17, 15) is 9.90 Å². The molecule has 0 unspecified atom stereocenters. The molecule has 1 aromatic carbocycles. The normalized spacial score (nSPS) is 27.2. The summed E-state index contributed by atoms with van der Waals surface area (Å²) in [5.74, 6) is -0.379. The van der Waals surface area contributed by atoms with Gasteiger partial charge in [-0.2, -0.15) is 0 Å². The summed E-state index contributed by atoms with van der Waals surface area (Å²) in [6.45, 7) is 13.2. The second kappa shape index (κ2) is 8.24. The Morgan fingerprint density at radius 2 is 1.81 bits per heavy atom. The zero-order chi connectivity index (χ0) is 19.5. The summed E-state index contributed by atoms with van der Waals surface area (Å²) in [5, 5.41) is 10.7. The predicted octanol–water partition coefficient (Wildman–Crippen LogP) is 4.53. The Kier molecular flexibility index (Phi) is 6.69. The summed E-state index contributed by atoms with van der Waals surface area (Å²) in [6.07, 6.45) is 0.355. The first-order chi connectivity index (χ1) is 12.0. The van der Waals surface area contributed by atoms with Crippen molar-refractivity contribution in [2.75, 3.05) is 0 Å². The third-order valence-electron chi connectivity index (χ3n) is 5.95. The number of ether oxygens (including phenoxy) is 1. The summed E-state index contributed by atoms with van der Waals surface area (Å²) >= 11 is 0. The largest absolute Gasteiger partial charge is 0.461 e. The average Bonchev–Trinajstić information content (AvgIpc) is 2.56. The molecule has 0 bridgehead atoms. The first-order valence-corrected chi connectivity index (χ1v) is 12.5. The lowest BCUT2D eigenvalue weighted by Crippen LogP contribution is -2.51. The van der Waals surface area contributed by atoms with E-state index in [1.54, 1.807) is 0 Å². The van der Waals surface area contributed by atoms with Crippen LogP contribution in [0, 0.1) is 11.8 Å². The maximum absolute atomic E-state index is 12.6. The lowest BCUT2D eigenvalue weighted by Gasteiger charge is -2.44. The molecular formula is C21H34O4Si. The van der Waals surface area contributed by atoms with Gasteiger partial charge in [-0.25, -0.2) is 0 Å². The van der Waals surface area contributed by atoms with Gasteiger partial charge in [0, 0.05) is 0 Å². The minimum absolute atomic E-state index is 0.0211. The van der Waals surface area contributed by atoms with Crippen molar-refractivity contribution < 1.29 is 19.1 Å². The molecule has 0 heterocycles. The minimum Gasteiger partial charge on any atom is -0.461 e. The Bertz CT molecular complexity index is 594. The van der Waals surface area contributed by atoms with Crippen molar-refractivity contribution in [2.24, 2.45) is 11.8 Å². The summed E-state index contributed by atoms with van der Waals surface area (Å²) in [6, 6.07) is 9.71. The van der Waals surface area contributed by atoms with Crippen molar-refractivity contribution in [3.63, 3.8) is 0 Å². The predicted molar refractivity (Wildman–Crippen MR) is 106 cm³/mol. The summed E-state index contributed by atoms with van der Waals surface area (Å²) < 4.78 is 12.0. The molecule has 2 rings (SSSR count). The molecule has 1 N–H and O–H groups in total. The molecule has 1 aliphatic carbocycles. The van der Waals surface area contributed by atoms with Crippen LogP contribution in [-0.2, 0) is 20.6 Å². The van der Waals surface area contributed by atoms with Crippen LogP contribution >= 0.6 is 0 Å². The molecule has 0 radical (unpaired) electrons. The van der Waals surface area contributed by atoms with E-state index in [1.807, 2.05) is 37.3 Å². The molecule has 1 aromatic rings. The second-order valence-electron chi connectivity index (χ2n) is 9.15. The van der Waals surface area contributed by atoms with Gasteiger partial charge in [0.25, 0.3) is 0 Å². The molecule has 0 amide bonds. The van der Waals surface area contributed by atoms with E-state index in [4.69, 9.17) is 9.16 Å². The maximum Gasteiger partial charge on any atom is 0.309 e. The average molecular weight is 379 g/mol. The van der Waals surface area contributed by atoms with Crippen LogP contribution in [0.3, 0.4) is 0 Å². The molecule has 4 atom stereocenters. The number of aliphatic hydroxyl groups excluding tert-OH is 1. The Morgan fingerprint density at radius 1 is 1.19 bits per heavy atom. The molecule has 4 nitrogen and oxygen atoms in total. The van der Waals surface area contributed by atoms with Crippen LogP contribution in [0.2, 0.25) is 18.1 Å². The SMILES string of the molecule is C[C@@H]1C[C@H](C(=O)OCc2ccccc2)C[C@H](O[Si](C)(C)C(C)(C)C)[C@H]1O. The highest BCUT2D eigenvalue weighted by Gasteiger charge is 2.45. The topological polar surface area (TPSA) is 55.8 Å². The number of benzene rings is 1. The third-order valence-corrected chi connectivity index (χ3v) is 10.5. The highest BCUT2D eigenvalue weighted by atomic mass is 28.4. The van der Waals surface area contributed by atoms with Gasteiger partial charge in [-0.15, -0.1) is 0 Å². The molecule has 0 spiro atoms. The lowest BCUT2D eigenvalue weighted by molar-refractivity contribution is -0.156. The molecule has 1 saturated carbocycles. The van der Waals surface area contributed by atoms with Crippen LogP contribution in [0.1, 0.15) is 46.1 Å². The van der Waals surface area contributed by atoms with Crippen LogP contribution in [0.25, 0.3) is 0 Å². The molecule has 0 saturated heterocycles. The van der Waals surface area contributed by atoms with Gasteiger partial charge in [-0.3, -0.25) is 4.79 Å². The maximum atomic E-state index is 12.6. The van der Waals surface area contributed by atoms with Crippen molar-refractivity contribution in [2.45, 2.75) is 77.5 Å². The fourth-order valence-electron chi connectivity index (χ4n) is 3.18. The number of carbonyl (C=O) groups excluding carboxylic acids is 1. The van der Waals surface area contributed by atoms with E-state index in [2.05, 4.69) is 33.9 Å². The highest BCUT2D eigenvalue weighted by molar-refractivity contribution is 6.74. The van der Waals surface area contributed by atoms with Gasteiger partial charge in [-0.1, -0.05) is 58.0 Å². The summed E-state index contributed by atoms with van der Waals surface area (Å²) in [7, 11) is -2.01. The van der Waals surface area contributed by atoms with Crippen LogP contribution in [0.15, 0.2) is 30.3 Å². The first kappa shape index (κ1) is 21.1. The monoisotopic (exact) mass is 378 g/mol. The van der Waals surface area contributed by atoms with Crippen LogP contribution in [-0.4, -0.2) is 31.6 Å². The van der Waals surface area contributed by atoms with Crippen molar-refractivity contribution in [1.29, 1.82) is 0 Å². The number of hydrogen-bond acceptors (Lipinski definition) is 4. The summed E-state index contributed by atoms with van der Waals surface area (Å²) in [4.78, 5) is 12.6. The highest BCUT2D eigenvalue weighted by Crippen LogP contribution is 2.41. The van der Waals surface area contributed by atoms with Gasteiger partial charge in [0.05, 0.1) is 18.1 Å². The molecular weight excluding hydrogens is 344 g/mol. The van der Waals surface area contributed by atoms with Crippen molar-refractivity contribution >= 4 is 14.3 Å². The number of esters is 1. The van der Waals surface area contributed by atoms with Gasteiger partial charge in [0.1, 0.15) is 6.61 Å². The quantitative estimate of drug-likeness (QED) is 0.604. The second-order valence-corrected chi connectivity index (χ2v) is 13.9. The summed E-state index contributed by atoms with van der Waals surface area (Å²) in [5.41, 5.74) is 0.985. The Labute approximate surface area is 159 Å². The van der Waals surface area contributed by atoms with Gasteiger partial charge in [0.2, 0.25) is 0 Å². The minimum atomic E-state index is -2.01. The van der Waals surface area contributed by atoms with Gasteiger partial charge >= 0.3 is 5.97 Å². The molecule has 1 aliphatic rings. The van der Waals surface area contributed by atoms with Crippen molar-refractivity contribution in [1.82, 2.24) is 0 Å². The molecule has 0 aliphatic heterocycles. The molecule has 26 heavy (non-hydrogen) atoms. The van der Waals surface area contributed by atoms with Crippen LogP contribution in [0.5, 0.6) is 0 Å². The van der Waals surface area contributed by atoms with Gasteiger partial charge < -0.3 is 14.3 Å². The standard InChI is InChI=1S/C21H34O4Si/c1-15-12-17(20(23)24-14-16-10-8-7-9-11-16)13-18(19(15)22)25-26(5,6)21(2,3)4/h7-11,15,17-19,22H,12-14H2,1-6H3/t15-,17+,18+,19+/m1/s1. The lowest BCUT2D eigenvalue weighted by atomic mass is 9.78. The Balaban J connectivity index is 2.00. The molecule has 0 aromatic heterocycles. The fraction of sp³-hybridized carbons (Fsp3) is 0.667. The van der Waals surface area contributed by atoms with E-state index < -0.39 is 14.4 Å². The van der Waals surface area contributed by atoms with E-state index >= 15 is 0 Å². The first-order valence-electron chi connectivity index (χ1n) is 9.57. The number of hydrogen-bond donors (Lipinski definition) is 1. The van der Waals surface area contributed by atoms with E-state index in [0.717, 1.165) is 5.56 Å². The molecule has 5 heteroatoms. The smallest absolute Gasteiger partial charge is 0.309 e. The number of rotatable bonds is 5. The zero-order valence-electron chi connectivity index (χ0n) is 17.0. The van der Waals surface area contributed by atoms with Crippen LogP contribution < -0.4 is 0 Å². The van der Waals surface area contributed by atoms with Crippen molar-refractivity contribution in [3.05, 3.63) is 35.9 Å². The van der Waals surface area contributed by atoms with E-state index in [1.165, 1.54) is 0 Å². The zero-order valence-corrected chi connectivity index (χ0v) is 18.0. The van der Waals surface area contributed by atoms with Crippen molar-refractivity contribution in [3.8, 4) is 0 Å². The van der Waals surface area contributed by atoms with Gasteiger partial charge in [0.15, 0.2) is 8.32 Å². The van der Waals surface area contributed by atoms with E-state index in [-0.39, 0.29) is 28.9 Å². The number of aliphatic hydroxyl groups is 1. The van der Waals surface area contributed by atoms with Crippen LogP contribution in [0.4, 0.5) is 0 Å². The fourth-order valence-corrected chi connectivity index (χ4v) is 4.53. The Hall–Kier alpha value is -1.17. The third kappa shape index (κ3) is 5.18.